The molecule has 6 heteroatoms. The number of nitrogens with zero attached hydrogens (tertiary/aromatic N) is 2. The van der Waals surface area contributed by atoms with Crippen LogP contribution < -0.4 is 11.1 Å². The Kier molecular flexibility index (Phi) is 3.56. The van der Waals surface area contributed by atoms with Gasteiger partial charge in [0, 0.05) is 12.7 Å². The average Bonchev–Trinajstić information content (AvgIpc) is 2.39. The molecule has 1 aromatic rings. The summed E-state index contributed by atoms with van der Waals surface area (Å²) in [5.41, 5.74) is 6.96. The van der Waals surface area contributed by atoms with Crippen molar-refractivity contribution in [3.05, 3.63) is 17.0 Å². The summed E-state index contributed by atoms with van der Waals surface area (Å²) < 4.78 is 1.68. The van der Waals surface area contributed by atoms with Crippen LogP contribution in [0.15, 0.2) is 0 Å². The molecule has 0 spiro atoms. The molecule has 0 fully saturated rings. The van der Waals surface area contributed by atoms with Crippen molar-refractivity contribution in [3.63, 3.8) is 0 Å². The summed E-state index contributed by atoms with van der Waals surface area (Å²) in [6.45, 7) is 7.20. The van der Waals surface area contributed by atoms with Gasteiger partial charge >= 0.3 is 0 Å². The Morgan fingerprint density at radius 1 is 1.47 bits per heavy atom. The molecular weight excluding hydrogens is 236 g/mol. The van der Waals surface area contributed by atoms with E-state index in [4.69, 9.17) is 18.0 Å². The molecule has 0 saturated carbocycles. The number of nitrogens with one attached hydrogen (secondary N) is 1. The van der Waals surface area contributed by atoms with Gasteiger partial charge in [0.2, 0.25) is 0 Å². The molecule has 0 aromatic carbocycles. The number of amides is 1. The van der Waals surface area contributed by atoms with E-state index < -0.39 is 5.54 Å². The number of carbonyl (C=O) groups excluding carboxylic acids is 1. The van der Waals surface area contributed by atoms with E-state index in [1.165, 1.54) is 0 Å². The van der Waals surface area contributed by atoms with E-state index in [2.05, 4.69) is 10.4 Å². The number of aryl methyl sites for hydroxylation is 2. The minimum atomic E-state index is -0.707. The average molecular weight is 254 g/mol. The highest BCUT2D eigenvalue weighted by molar-refractivity contribution is 7.80. The molecule has 1 rings (SSSR count). The van der Waals surface area contributed by atoms with Gasteiger partial charge in [-0.05, 0) is 27.7 Å². The van der Waals surface area contributed by atoms with Crippen LogP contribution in [0.2, 0.25) is 0 Å². The van der Waals surface area contributed by atoms with Gasteiger partial charge in [-0.15, -0.1) is 0 Å². The SMILES string of the molecule is Cc1nn(C)c(C)c1C(=O)NC(C)(C)C(N)=S. The van der Waals surface area contributed by atoms with Crippen LogP contribution in [0.25, 0.3) is 0 Å². The Labute approximate surface area is 106 Å². The van der Waals surface area contributed by atoms with Gasteiger partial charge < -0.3 is 11.1 Å². The van der Waals surface area contributed by atoms with Crippen LogP contribution in [-0.2, 0) is 7.05 Å². The molecule has 1 amide bonds. The fourth-order valence-electron chi connectivity index (χ4n) is 1.51. The van der Waals surface area contributed by atoms with Gasteiger partial charge in [0.1, 0.15) is 0 Å². The third-order valence-electron chi connectivity index (χ3n) is 2.78. The zero-order valence-electron chi connectivity index (χ0n) is 10.8. The number of aromatic nitrogens is 2. The monoisotopic (exact) mass is 254 g/mol. The quantitative estimate of drug-likeness (QED) is 0.784. The topological polar surface area (TPSA) is 72.9 Å². The highest BCUT2D eigenvalue weighted by atomic mass is 32.1. The van der Waals surface area contributed by atoms with Crippen molar-refractivity contribution in [1.29, 1.82) is 0 Å². The Bertz CT molecular complexity index is 476. The summed E-state index contributed by atoms with van der Waals surface area (Å²) in [7, 11) is 1.80. The molecule has 1 heterocycles. The van der Waals surface area contributed by atoms with Crippen LogP contribution in [0.4, 0.5) is 0 Å². The first kappa shape index (κ1) is 13.6. The molecule has 5 nitrogen and oxygen atoms in total. The molecule has 1 aromatic heterocycles. The van der Waals surface area contributed by atoms with E-state index in [1.807, 2.05) is 6.92 Å². The van der Waals surface area contributed by atoms with Crippen molar-refractivity contribution in [2.24, 2.45) is 12.8 Å². The number of carbonyl (C=O) groups is 1. The maximum atomic E-state index is 12.1. The van der Waals surface area contributed by atoms with Crippen LogP contribution in [0.5, 0.6) is 0 Å². The van der Waals surface area contributed by atoms with E-state index in [-0.39, 0.29) is 10.9 Å². The Morgan fingerprint density at radius 3 is 2.35 bits per heavy atom. The number of hydrogen-bond acceptors (Lipinski definition) is 3. The smallest absolute Gasteiger partial charge is 0.255 e. The fraction of sp³-hybridized carbons (Fsp3) is 0.545. The minimum absolute atomic E-state index is 0.203. The summed E-state index contributed by atoms with van der Waals surface area (Å²) >= 11 is 4.91. The molecule has 3 N–H and O–H groups in total. The van der Waals surface area contributed by atoms with E-state index in [9.17, 15) is 4.79 Å². The third-order valence-corrected chi connectivity index (χ3v) is 3.29. The van der Waals surface area contributed by atoms with Crippen molar-refractivity contribution in [2.45, 2.75) is 33.2 Å². The summed E-state index contributed by atoms with van der Waals surface area (Å²) in [5, 5.41) is 7.01. The van der Waals surface area contributed by atoms with E-state index in [0.717, 1.165) is 5.69 Å². The number of nitrogens with two attached hydrogens (primary N) is 1. The summed E-state index contributed by atoms with van der Waals surface area (Å²) in [5.74, 6) is -0.203. The van der Waals surface area contributed by atoms with Gasteiger partial charge in [-0.1, -0.05) is 12.2 Å². The molecular formula is C11H18N4OS. The van der Waals surface area contributed by atoms with E-state index in [0.29, 0.717) is 11.3 Å². The van der Waals surface area contributed by atoms with Crippen molar-refractivity contribution in [2.75, 3.05) is 0 Å². The lowest BCUT2D eigenvalue weighted by molar-refractivity contribution is 0.0931. The summed E-state index contributed by atoms with van der Waals surface area (Å²) in [6, 6.07) is 0. The largest absolute Gasteiger partial charge is 0.391 e. The molecule has 0 aliphatic rings. The Morgan fingerprint density at radius 2 is 2.00 bits per heavy atom. The molecule has 0 aliphatic heterocycles. The van der Waals surface area contributed by atoms with Crippen LogP contribution in [-0.4, -0.2) is 26.2 Å². The zero-order valence-corrected chi connectivity index (χ0v) is 11.6. The molecule has 0 aliphatic carbocycles. The lowest BCUT2D eigenvalue weighted by atomic mass is 10.0. The number of rotatable bonds is 3. The molecule has 94 valence electrons. The van der Waals surface area contributed by atoms with Crippen molar-refractivity contribution < 1.29 is 4.79 Å². The van der Waals surface area contributed by atoms with Crippen LogP contribution in [0, 0.1) is 13.8 Å². The van der Waals surface area contributed by atoms with Crippen LogP contribution in [0.3, 0.4) is 0 Å². The standard InChI is InChI=1S/C11H18N4OS/c1-6-8(7(2)15(5)14-6)9(16)13-11(3,4)10(12)17/h1-5H3,(H2,12,17)(H,13,16). The molecule has 0 atom stereocenters. The van der Waals surface area contributed by atoms with Gasteiger partial charge in [-0.3, -0.25) is 9.48 Å². The maximum Gasteiger partial charge on any atom is 0.255 e. The molecule has 0 unspecified atom stereocenters. The second kappa shape index (κ2) is 4.44. The predicted molar refractivity (Wildman–Crippen MR) is 71.0 cm³/mol. The van der Waals surface area contributed by atoms with Crippen LogP contribution in [0.1, 0.15) is 35.6 Å². The van der Waals surface area contributed by atoms with Crippen molar-refractivity contribution in [1.82, 2.24) is 15.1 Å². The van der Waals surface area contributed by atoms with Crippen molar-refractivity contribution >= 4 is 23.1 Å². The maximum absolute atomic E-state index is 12.1. The molecule has 0 saturated heterocycles. The highest BCUT2D eigenvalue weighted by Gasteiger charge is 2.27. The number of thiocarbonyl (C=S) groups is 1. The van der Waals surface area contributed by atoms with Gasteiger partial charge in [0.05, 0.1) is 21.8 Å². The first-order chi connectivity index (χ1) is 7.66. The van der Waals surface area contributed by atoms with E-state index >= 15 is 0 Å². The van der Waals surface area contributed by atoms with Crippen molar-refractivity contribution in [3.8, 4) is 0 Å². The zero-order chi connectivity index (χ0) is 13.4. The fourth-order valence-corrected chi connectivity index (χ4v) is 1.56. The minimum Gasteiger partial charge on any atom is -0.391 e. The Hall–Kier alpha value is -1.43. The third kappa shape index (κ3) is 2.63. The van der Waals surface area contributed by atoms with Gasteiger partial charge in [0.25, 0.3) is 5.91 Å². The lowest BCUT2D eigenvalue weighted by Crippen LogP contribution is -2.52. The normalized spacial score (nSPS) is 11.4. The summed E-state index contributed by atoms with van der Waals surface area (Å²) in [6.07, 6.45) is 0. The second-order valence-corrected chi connectivity index (χ2v) is 5.05. The van der Waals surface area contributed by atoms with Gasteiger partial charge in [-0.2, -0.15) is 5.10 Å². The molecule has 0 radical (unpaired) electrons. The number of hydrogen-bond donors (Lipinski definition) is 2. The second-order valence-electron chi connectivity index (χ2n) is 4.61. The molecule has 17 heavy (non-hydrogen) atoms. The first-order valence-corrected chi connectivity index (χ1v) is 5.70. The summed E-state index contributed by atoms with van der Waals surface area (Å²) in [4.78, 5) is 12.4. The van der Waals surface area contributed by atoms with Crippen LogP contribution >= 0.6 is 12.2 Å². The molecule has 0 bridgehead atoms. The van der Waals surface area contributed by atoms with Gasteiger partial charge in [-0.25, -0.2) is 0 Å². The first-order valence-electron chi connectivity index (χ1n) is 5.29. The predicted octanol–water partition coefficient (Wildman–Crippen LogP) is 0.831. The lowest BCUT2D eigenvalue weighted by Gasteiger charge is -2.24. The van der Waals surface area contributed by atoms with Gasteiger partial charge in [0.15, 0.2) is 0 Å². The highest BCUT2D eigenvalue weighted by Crippen LogP contribution is 2.13. The van der Waals surface area contributed by atoms with E-state index in [1.54, 1.807) is 32.5 Å². The Balaban J connectivity index is 3.03.